The molecule has 11 heavy (non-hydrogen) atoms. The molecule has 66 valence electrons. The molecule has 1 atom stereocenters. The van der Waals surface area contributed by atoms with E-state index in [0.29, 0.717) is 6.42 Å². The lowest BCUT2D eigenvalue weighted by Gasteiger charge is -2.08. The molecule has 0 unspecified atom stereocenters. The van der Waals surface area contributed by atoms with E-state index >= 15 is 0 Å². The van der Waals surface area contributed by atoms with E-state index in [1.54, 1.807) is 0 Å². The van der Waals surface area contributed by atoms with Crippen LogP contribution in [0, 0.1) is 0 Å². The summed E-state index contributed by atoms with van der Waals surface area (Å²) in [5, 5.41) is 11.4. The first-order valence-corrected chi connectivity index (χ1v) is 3.45. The minimum absolute atomic E-state index is 0.242. The Morgan fingerprint density at radius 2 is 2.36 bits per heavy atom. The molecule has 0 aromatic carbocycles. The van der Waals surface area contributed by atoms with Gasteiger partial charge in [-0.15, -0.1) is 0 Å². The average molecular weight is 162 g/mol. The molecule has 0 bridgehead atoms. The Hall–Kier alpha value is -0.810. The van der Waals surface area contributed by atoms with E-state index in [0.717, 1.165) is 0 Å². The molecule has 0 saturated carbocycles. The van der Waals surface area contributed by atoms with E-state index in [4.69, 9.17) is 5.11 Å². The van der Waals surface area contributed by atoms with Crippen molar-refractivity contribution >= 4 is 6.03 Å². The molecule has 5 nitrogen and oxygen atoms in total. The summed E-state index contributed by atoms with van der Waals surface area (Å²) in [5.74, 6) is 0. The third-order valence-electron chi connectivity index (χ3n) is 1.16. The number of hydroxylamine groups is 1. The summed E-state index contributed by atoms with van der Waals surface area (Å²) in [5.41, 5.74) is 2.06. The highest BCUT2D eigenvalue weighted by molar-refractivity contribution is 5.72. The van der Waals surface area contributed by atoms with Crippen LogP contribution in [-0.4, -0.2) is 30.9 Å². The highest BCUT2D eigenvalue weighted by atomic mass is 16.6. The number of aliphatic hydroxyl groups is 1. The molecular formula is C6H14N2O3. The Morgan fingerprint density at radius 1 is 1.73 bits per heavy atom. The van der Waals surface area contributed by atoms with Crippen molar-refractivity contribution < 1.29 is 14.7 Å². The minimum Gasteiger partial charge on any atom is -0.391 e. The number of rotatable bonds is 4. The predicted octanol–water partition coefficient (Wildman–Crippen LogP) is -0.382. The van der Waals surface area contributed by atoms with Crippen molar-refractivity contribution in [2.75, 3.05) is 13.7 Å². The molecule has 2 amide bonds. The van der Waals surface area contributed by atoms with E-state index in [1.807, 2.05) is 6.92 Å². The Labute approximate surface area is 65.7 Å². The van der Waals surface area contributed by atoms with E-state index in [1.165, 1.54) is 7.11 Å². The van der Waals surface area contributed by atoms with Gasteiger partial charge in [0.05, 0.1) is 13.2 Å². The molecule has 0 spiro atoms. The number of amides is 2. The van der Waals surface area contributed by atoms with Gasteiger partial charge in [-0.25, -0.2) is 10.3 Å². The van der Waals surface area contributed by atoms with Gasteiger partial charge in [-0.1, -0.05) is 6.92 Å². The molecular weight excluding hydrogens is 148 g/mol. The zero-order valence-corrected chi connectivity index (χ0v) is 6.76. The van der Waals surface area contributed by atoms with Gasteiger partial charge in [-0.3, -0.25) is 4.84 Å². The van der Waals surface area contributed by atoms with E-state index in [-0.39, 0.29) is 6.54 Å². The van der Waals surface area contributed by atoms with Gasteiger partial charge in [0.1, 0.15) is 0 Å². The molecule has 0 aromatic heterocycles. The highest BCUT2D eigenvalue weighted by Crippen LogP contribution is 1.85. The summed E-state index contributed by atoms with van der Waals surface area (Å²) < 4.78 is 0. The molecule has 0 rings (SSSR count). The smallest absolute Gasteiger partial charge is 0.338 e. The van der Waals surface area contributed by atoms with Crippen LogP contribution >= 0.6 is 0 Å². The first kappa shape index (κ1) is 10.2. The van der Waals surface area contributed by atoms with Crippen molar-refractivity contribution in [2.24, 2.45) is 0 Å². The summed E-state index contributed by atoms with van der Waals surface area (Å²) in [7, 11) is 1.34. The maximum absolute atomic E-state index is 10.6. The van der Waals surface area contributed by atoms with E-state index < -0.39 is 12.1 Å². The zero-order valence-electron chi connectivity index (χ0n) is 6.76. The van der Waals surface area contributed by atoms with Crippen molar-refractivity contribution in [1.29, 1.82) is 0 Å². The SMILES string of the molecule is CC[C@H](O)CNC(=O)NOC. The molecule has 0 aromatic rings. The molecule has 0 radical (unpaired) electrons. The number of carbonyl (C=O) groups excluding carboxylic acids is 1. The lowest BCUT2D eigenvalue weighted by Crippen LogP contribution is -2.38. The van der Waals surface area contributed by atoms with Crippen LogP contribution in [0.2, 0.25) is 0 Å². The van der Waals surface area contributed by atoms with Crippen LogP contribution in [0.4, 0.5) is 4.79 Å². The standard InChI is InChI=1S/C6H14N2O3/c1-3-5(9)4-7-6(10)8-11-2/h5,9H,3-4H2,1-2H3,(H2,7,8,10)/t5-/m0/s1. The van der Waals surface area contributed by atoms with Crippen LogP contribution in [0.25, 0.3) is 0 Å². The van der Waals surface area contributed by atoms with Crippen molar-refractivity contribution in [2.45, 2.75) is 19.4 Å². The van der Waals surface area contributed by atoms with Gasteiger partial charge >= 0.3 is 6.03 Å². The second-order valence-corrected chi connectivity index (χ2v) is 2.08. The zero-order chi connectivity index (χ0) is 8.69. The summed E-state index contributed by atoms with van der Waals surface area (Å²) in [6.45, 7) is 2.08. The Bertz CT molecular complexity index is 118. The lowest BCUT2D eigenvalue weighted by molar-refractivity contribution is 0.103. The second-order valence-electron chi connectivity index (χ2n) is 2.08. The molecule has 0 fully saturated rings. The van der Waals surface area contributed by atoms with Gasteiger partial charge in [0.15, 0.2) is 0 Å². The van der Waals surface area contributed by atoms with Crippen LogP contribution in [0.1, 0.15) is 13.3 Å². The molecule has 5 heteroatoms. The van der Waals surface area contributed by atoms with Crippen molar-refractivity contribution in [3.8, 4) is 0 Å². The lowest BCUT2D eigenvalue weighted by atomic mass is 10.3. The van der Waals surface area contributed by atoms with Crippen molar-refractivity contribution in [1.82, 2.24) is 10.8 Å². The Morgan fingerprint density at radius 3 is 2.82 bits per heavy atom. The highest BCUT2D eigenvalue weighted by Gasteiger charge is 2.02. The number of nitrogens with one attached hydrogen (secondary N) is 2. The topological polar surface area (TPSA) is 70.6 Å². The van der Waals surface area contributed by atoms with E-state index in [9.17, 15) is 4.79 Å². The monoisotopic (exact) mass is 162 g/mol. The average Bonchev–Trinajstić information content (AvgIpc) is 2.01. The fourth-order valence-electron chi connectivity index (χ4n) is 0.484. The van der Waals surface area contributed by atoms with E-state index in [2.05, 4.69) is 15.6 Å². The van der Waals surface area contributed by atoms with Gasteiger partial charge in [0, 0.05) is 6.54 Å². The van der Waals surface area contributed by atoms with Crippen LogP contribution < -0.4 is 10.8 Å². The van der Waals surface area contributed by atoms with Crippen LogP contribution in [0.15, 0.2) is 0 Å². The molecule has 0 heterocycles. The molecule has 0 saturated heterocycles. The van der Waals surface area contributed by atoms with Gasteiger partial charge in [-0.05, 0) is 6.42 Å². The Kier molecular flexibility index (Phi) is 5.50. The maximum atomic E-state index is 10.6. The summed E-state index contributed by atoms with van der Waals surface area (Å²) in [6, 6.07) is -0.444. The van der Waals surface area contributed by atoms with Crippen LogP contribution in [0.5, 0.6) is 0 Å². The molecule has 0 aliphatic rings. The number of carbonyl (C=O) groups is 1. The third kappa shape index (κ3) is 5.63. The number of aliphatic hydroxyl groups excluding tert-OH is 1. The summed E-state index contributed by atoms with van der Waals surface area (Å²) in [6.07, 6.45) is 0.130. The van der Waals surface area contributed by atoms with Crippen molar-refractivity contribution in [3.63, 3.8) is 0 Å². The Balaban J connectivity index is 3.30. The second kappa shape index (κ2) is 5.94. The first-order valence-electron chi connectivity index (χ1n) is 3.45. The third-order valence-corrected chi connectivity index (χ3v) is 1.16. The minimum atomic E-state index is -0.488. The fourth-order valence-corrected chi connectivity index (χ4v) is 0.484. The molecule has 0 aliphatic carbocycles. The predicted molar refractivity (Wildman–Crippen MR) is 39.8 cm³/mol. The first-order chi connectivity index (χ1) is 5.20. The number of hydrogen-bond donors (Lipinski definition) is 3. The van der Waals surface area contributed by atoms with Gasteiger partial charge < -0.3 is 10.4 Å². The number of hydrogen-bond acceptors (Lipinski definition) is 3. The summed E-state index contributed by atoms with van der Waals surface area (Å²) >= 11 is 0. The normalized spacial score (nSPS) is 12.3. The number of urea groups is 1. The largest absolute Gasteiger partial charge is 0.391 e. The quantitative estimate of drug-likeness (QED) is 0.493. The summed E-state index contributed by atoms with van der Waals surface area (Å²) in [4.78, 5) is 14.9. The van der Waals surface area contributed by atoms with Crippen LogP contribution in [-0.2, 0) is 4.84 Å². The van der Waals surface area contributed by atoms with Gasteiger partial charge in [0.25, 0.3) is 0 Å². The maximum Gasteiger partial charge on any atom is 0.338 e. The van der Waals surface area contributed by atoms with Gasteiger partial charge in [0.2, 0.25) is 0 Å². The van der Waals surface area contributed by atoms with Gasteiger partial charge in [-0.2, -0.15) is 0 Å². The van der Waals surface area contributed by atoms with Crippen LogP contribution in [0.3, 0.4) is 0 Å². The molecule has 0 aliphatic heterocycles. The fraction of sp³-hybridized carbons (Fsp3) is 0.833. The van der Waals surface area contributed by atoms with Crippen molar-refractivity contribution in [3.05, 3.63) is 0 Å². The molecule has 3 N–H and O–H groups in total.